The average Bonchev–Trinajstić information content (AvgIpc) is 2.82. The van der Waals surface area contributed by atoms with E-state index in [1.165, 1.54) is 0 Å². The van der Waals surface area contributed by atoms with E-state index in [0.717, 1.165) is 22.3 Å². The summed E-state index contributed by atoms with van der Waals surface area (Å²) in [5.74, 6) is 0.228. The molecular formula is C28H28N2O4. The number of hydrogen-bond donors (Lipinski definition) is 2. The maximum absolute atomic E-state index is 13.3. The first-order valence-corrected chi connectivity index (χ1v) is 11.2. The molecule has 1 aliphatic heterocycles. The second-order valence-electron chi connectivity index (χ2n) is 8.47. The van der Waals surface area contributed by atoms with Gasteiger partial charge in [0.2, 0.25) is 0 Å². The van der Waals surface area contributed by atoms with Crippen molar-refractivity contribution in [2.24, 2.45) is 0 Å². The third-order valence-electron chi connectivity index (χ3n) is 5.90. The molecule has 3 aromatic rings. The Morgan fingerprint density at radius 2 is 1.21 bits per heavy atom. The molecule has 3 aromatic carbocycles. The van der Waals surface area contributed by atoms with Gasteiger partial charge in [0.25, 0.3) is 11.8 Å². The lowest BCUT2D eigenvalue weighted by atomic mass is 10.1. The molecule has 0 saturated heterocycles. The van der Waals surface area contributed by atoms with Crippen LogP contribution in [0.3, 0.4) is 0 Å². The van der Waals surface area contributed by atoms with Gasteiger partial charge in [0.1, 0.15) is 18.8 Å². The first-order valence-electron chi connectivity index (χ1n) is 11.2. The number of fused-ring (bicyclic) bond motifs is 1. The minimum absolute atomic E-state index is 0.0202. The Balaban J connectivity index is 1.66. The highest BCUT2D eigenvalue weighted by molar-refractivity contribution is 6.28. The quantitative estimate of drug-likeness (QED) is 0.308. The Morgan fingerprint density at radius 1 is 0.676 bits per heavy atom. The number of carbonyl (C=O) groups excluding carboxylic acids is 2. The fourth-order valence-electron chi connectivity index (χ4n) is 3.59. The van der Waals surface area contributed by atoms with Gasteiger partial charge in [-0.3, -0.25) is 9.59 Å². The van der Waals surface area contributed by atoms with Crippen LogP contribution < -0.4 is 20.1 Å². The van der Waals surface area contributed by atoms with E-state index in [9.17, 15) is 9.59 Å². The number of rotatable bonds is 5. The van der Waals surface area contributed by atoms with Crippen molar-refractivity contribution in [2.45, 2.75) is 27.7 Å². The van der Waals surface area contributed by atoms with Crippen LogP contribution in [0.5, 0.6) is 11.5 Å². The van der Waals surface area contributed by atoms with Crippen molar-refractivity contribution in [2.75, 3.05) is 23.8 Å². The van der Waals surface area contributed by atoms with Crippen LogP contribution in [0.1, 0.15) is 27.8 Å². The van der Waals surface area contributed by atoms with Crippen LogP contribution in [0.25, 0.3) is 6.08 Å². The van der Waals surface area contributed by atoms with Gasteiger partial charge in [-0.15, -0.1) is 0 Å². The number of nitrogens with one attached hydrogen (secondary N) is 2. The summed E-state index contributed by atoms with van der Waals surface area (Å²) in [4.78, 5) is 26.5. The van der Waals surface area contributed by atoms with Gasteiger partial charge >= 0.3 is 0 Å². The highest BCUT2D eigenvalue weighted by Crippen LogP contribution is 2.31. The molecule has 0 aliphatic carbocycles. The predicted octanol–water partition coefficient (Wildman–Crippen LogP) is 5.35. The summed E-state index contributed by atoms with van der Waals surface area (Å²) in [6.07, 6.45) is 1.56. The third kappa shape index (κ3) is 5.29. The zero-order chi connectivity index (χ0) is 24.2. The molecule has 0 radical (unpaired) electrons. The van der Waals surface area contributed by atoms with Gasteiger partial charge in [-0.2, -0.15) is 0 Å². The van der Waals surface area contributed by atoms with Crippen molar-refractivity contribution in [1.29, 1.82) is 0 Å². The van der Waals surface area contributed by atoms with Crippen LogP contribution in [0.15, 0.2) is 60.2 Å². The summed E-state index contributed by atoms with van der Waals surface area (Å²) >= 11 is 0. The van der Waals surface area contributed by atoms with Gasteiger partial charge in [-0.1, -0.05) is 18.2 Å². The number of hydrogen-bond acceptors (Lipinski definition) is 4. The lowest BCUT2D eigenvalue weighted by Crippen LogP contribution is -2.25. The molecule has 0 fully saturated rings. The number of benzene rings is 3. The highest BCUT2D eigenvalue weighted by Gasteiger charge is 2.20. The topological polar surface area (TPSA) is 76.7 Å². The van der Waals surface area contributed by atoms with Crippen LogP contribution >= 0.6 is 0 Å². The van der Waals surface area contributed by atoms with E-state index in [-0.39, 0.29) is 5.57 Å². The smallest absolute Gasteiger partial charge is 0.261 e. The normalized spacial score (nSPS) is 12.0. The van der Waals surface area contributed by atoms with E-state index in [4.69, 9.17) is 9.47 Å². The molecule has 0 saturated carbocycles. The highest BCUT2D eigenvalue weighted by atomic mass is 16.6. The van der Waals surface area contributed by atoms with Crippen LogP contribution in [0.2, 0.25) is 0 Å². The Bertz CT molecular complexity index is 1230. The molecule has 0 bridgehead atoms. The van der Waals surface area contributed by atoms with Gasteiger partial charge < -0.3 is 20.1 Å². The van der Waals surface area contributed by atoms with Crippen molar-refractivity contribution in [3.8, 4) is 11.5 Å². The molecule has 6 nitrogen and oxygen atoms in total. The molecule has 2 amide bonds. The number of ether oxygens (including phenoxy) is 2. The van der Waals surface area contributed by atoms with E-state index < -0.39 is 11.8 Å². The maximum atomic E-state index is 13.3. The molecule has 0 unspecified atom stereocenters. The van der Waals surface area contributed by atoms with Gasteiger partial charge in [0.15, 0.2) is 11.5 Å². The standard InChI is InChI=1S/C28H28N2O4/c1-17-5-8-22(13-19(17)3)29-27(31)24(28(32)30-23-9-6-18(2)20(4)14-23)15-21-7-10-25-26(16-21)34-12-11-33-25/h5-10,13-16H,11-12H2,1-4H3,(H,29,31)(H,30,32). The molecule has 6 heteroatoms. The van der Waals surface area contributed by atoms with Gasteiger partial charge in [-0.05, 0) is 98.0 Å². The lowest BCUT2D eigenvalue weighted by molar-refractivity contribution is -0.118. The molecule has 0 atom stereocenters. The van der Waals surface area contributed by atoms with Crippen molar-refractivity contribution in [3.05, 3.63) is 88.0 Å². The van der Waals surface area contributed by atoms with Crippen LogP contribution in [-0.2, 0) is 9.59 Å². The summed E-state index contributed by atoms with van der Waals surface area (Å²) in [6.45, 7) is 8.90. The predicted molar refractivity (Wildman–Crippen MR) is 135 cm³/mol. The third-order valence-corrected chi connectivity index (χ3v) is 5.90. The molecule has 4 rings (SSSR count). The summed E-state index contributed by atoms with van der Waals surface area (Å²) in [5.41, 5.74) is 6.23. The molecule has 0 spiro atoms. The summed E-state index contributed by atoms with van der Waals surface area (Å²) < 4.78 is 11.2. The second kappa shape index (κ2) is 9.83. The number of carbonyl (C=O) groups is 2. The summed E-state index contributed by atoms with van der Waals surface area (Å²) in [7, 11) is 0. The molecule has 1 aliphatic rings. The molecular weight excluding hydrogens is 428 g/mol. The number of anilines is 2. The minimum atomic E-state index is -0.500. The first-order chi connectivity index (χ1) is 16.3. The number of aryl methyl sites for hydroxylation is 4. The van der Waals surface area contributed by atoms with Crippen LogP contribution in [-0.4, -0.2) is 25.0 Å². The number of amides is 2. The van der Waals surface area contributed by atoms with Crippen molar-refractivity contribution < 1.29 is 19.1 Å². The van der Waals surface area contributed by atoms with Crippen molar-refractivity contribution in [1.82, 2.24) is 0 Å². The van der Waals surface area contributed by atoms with Gasteiger partial charge in [0.05, 0.1) is 0 Å². The summed E-state index contributed by atoms with van der Waals surface area (Å²) in [6, 6.07) is 16.6. The van der Waals surface area contributed by atoms with Crippen LogP contribution in [0, 0.1) is 27.7 Å². The molecule has 1 heterocycles. The first kappa shape index (κ1) is 23.1. The minimum Gasteiger partial charge on any atom is -0.486 e. The Kier molecular flexibility index (Phi) is 6.68. The van der Waals surface area contributed by atoms with Crippen molar-refractivity contribution in [3.63, 3.8) is 0 Å². The Morgan fingerprint density at radius 3 is 1.74 bits per heavy atom. The zero-order valence-corrected chi connectivity index (χ0v) is 19.8. The van der Waals surface area contributed by atoms with Crippen LogP contribution in [0.4, 0.5) is 11.4 Å². The second-order valence-corrected chi connectivity index (χ2v) is 8.47. The lowest BCUT2D eigenvalue weighted by Gasteiger charge is -2.18. The zero-order valence-electron chi connectivity index (χ0n) is 19.8. The van der Waals surface area contributed by atoms with E-state index >= 15 is 0 Å². The largest absolute Gasteiger partial charge is 0.486 e. The fourth-order valence-corrected chi connectivity index (χ4v) is 3.59. The fraction of sp³-hybridized carbons (Fsp3) is 0.214. The SMILES string of the molecule is Cc1ccc(NC(=O)C(=Cc2ccc3c(c2)OCCO3)C(=O)Nc2ccc(C)c(C)c2)cc1C. The van der Waals surface area contributed by atoms with E-state index in [2.05, 4.69) is 10.6 Å². The molecule has 0 aromatic heterocycles. The Hall–Kier alpha value is -4.06. The maximum Gasteiger partial charge on any atom is 0.261 e. The average molecular weight is 457 g/mol. The Labute approximate surface area is 199 Å². The molecule has 34 heavy (non-hydrogen) atoms. The van der Waals surface area contributed by atoms with Gasteiger partial charge in [0, 0.05) is 11.4 Å². The van der Waals surface area contributed by atoms with E-state index in [0.29, 0.717) is 41.7 Å². The van der Waals surface area contributed by atoms with Gasteiger partial charge in [-0.25, -0.2) is 0 Å². The molecule has 174 valence electrons. The monoisotopic (exact) mass is 456 g/mol. The molecule has 2 N–H and O–H groups in total. The van der Waals surface area contributed by atoms with E-state index in [1.807, 2.05) is 64.1 Å². The summed E-state index contributed by atoms with van der Waals surface area (Å²) in [5, 5.41) is 5.71. The van der Waals surface area contributed by atoms with E-state index in [1.54, 1.807) is 24.3 Å². The van der Waals surface area contributed by atoms with Crippen molar-refractivity contribution >= 4 is 29.3 Å².